The fourth-order valence-electron chi connectivity index (χ4n) is 10.6. The Kier molecular flexibility index (Phi) is 62.7. The summed E-state index contributed by atoms with van der Waals surface area (Å²) in [6, 6.07) is -0.537. The summed E-state index contributed by atoms with van der Waals surface area (Å²) in [6.07, 6.45) is 87.5. The molecule has 0 aliphatic heterocycles. The molecule has 426 valence electrons. The van der Waals surface area contributed by atoms with Gasteiger partial charge in [0.05, 0.1) is 18.8 Å². The van der Waals surface area contributed by atoms with Crippen LogP contribution in [-0.4, -0.2) is 34.9 Å². The first-order valence-electron chi connectivity index (χ1n) is 33.2. The van der Waals surface area contributed by atoms with Crippen LogP contribution in [0.2, 0.25) is 0 Å². The van der Waals surface area contributed by atoms with Crippen LogP contribution in [0, 0.1) is 0 Å². The molecule has 4 heteroatoms. The van der Waals surface area contributed by atoms with E-state index in [1.54, 1.807) is 0 Å². The topological polar surface area (TPSA) is 69.6 Å². The Labute approximate surface area is 452 Å². The second-order valence-electron chi connectivity index (χ2n) is 22.9. The zero-order chi connectivity index (χ0) is 52.0. The third-order valence-corrected chi connectivity index (χ3v) is 15.7. The summed E-state index contributed by atoms with van der Waals surface area (Å²) in [7, 11) is 0. The molecule has 0 aromatic carbocycles. The van der Waals surface area contributed by atoms with Gasteiger partial charge in [0.2, 0.25) is 5.91 Å². The van der Waals surface area contributed by atoms with Crippen LogP contribution in [0.4, 0.5) is 0 Å². The van der Waals surface area contributed by atoms with Crippen LogP contribution in [0.25, 0.3) is 0 Å². The van der Waals surface area contributed by atoms with E-state index in [0.717, 1.165) is 38.5 Å². The summed E-state index contributed by atoms with van der Waals surface area (Å²) in [6.45, 7) is 4.39. The van der Waals surface area contributed by atoms with Gasteiger partial charge in [-0.15, -0.1) is 0 Å². The molecular weight excluding hydrogens is 879 g/mol. The standard InChI is InChI=1S/C68H131NO3/c1-3-5-7-9-11-13-15-17-19-21-23-25-27-29-31-32-33-34-35-36-38-40-42-44-46-48-50-52-54-56-58-60-62-64-68(72)69-66(65-70)67(71)63-61-59-57-55-53-51-49-47-45-43-41-39-37-30-28-26-24-22-20-18-16-14-12-10-8-6-4-2/h15,17,21,23,27,29,66-67,70-71H,3-14,16,18-20,22,24-26,28,30-65H2,1-2H3,(H,69,72)/b17-15-,23-21-,29-27-. The van der Waals surface area contributed by atoms with Crippen molar-refractivity contribution >= 4 is 5.91 Å². The van der Waals surface area contributed by atoms with E-state index in [0.29, 0.717) is 12.8 Å². The molecule has 0 aromatic heterocycles. The van der Waals surface area contributed by atoms with Gasteiger partial charge in [0.25, 0.3) is 0 Å². The summed E-state index contributed by atoms with van der Waals surface area (Å²) < 4.78 is 0. The molecule has 72 heavy (non-hydrogen) atoms. The first-order valence-corrected chi connectivity index (χ1v) is 33.2. The van der Waals surface area contributed by atoms with Gasteiger partial charge < -0.3 is 15.5 Å². The van der Waals surface area contributed by atoms with Gasteiger partial charge >= 0.3 is 0 Å². The second-order valence-corrected chi connectivity index (χ2v) is 22.9. The van der Waals surface area contributed by atoms with Gasteiger partial charge in [-0.1, -0.05) is 352 Å². The lowest BCUT2D eigenvalue weighted by Gasteiger charge is -2.22. The molecule has 2 atom stereocenters. The maximum Gasteiger partial charge on any atom is 0.220 e. The van der Waals surface area contributed by atoms with Crippen LogP contribution in [0.5, 0.6) is 0 Å². The number of carbonyl (C=O) groups is 1. The van der Waals surface area contributed by atoms with E-state index in [2.05, 4.69) is 55.6 Å². The third-order valence-electron chi connectivity index (χ3n) is 15.7. The van der Waals surface area contributed by atoms with Crippen molar-refractivity contribution in [3.05, 3.63) is 36.5 Å². The summed E-state index contributed by atoms with van der Waals surface area (Å²) in [5, 5.41) is 23.4. The predicted molar refractivity (Wildman–Crippen MR) is 322 cm³/mol. The Morgan fingerprint density at radius 2 is 0.569 bits per heavy atom. The number of aliphatic hydroxyl groups is 2. The molecule has 0 radical (unpaired) electrons. The van der Waals surface area contributed by atoms with E-state index in [1.807, 2.05) is 0 Å². The minimum Gasteiger partial charge on any atom is -0.394 e. The molecule has 0 heterocycles. The number of hydrogen-bond acceptors (Lipinski definition) is 3. The minimum atomic E-state index is -0.660. The quantitative estimate of drug-likeness (QED) is 0.0420. The normalized spacial score (nSPS) is 12.9. The Bertz CT molecular complexity index is 1100. The zero-order valence-electron chi connectivity index (χ0n) is 49.2. The Morgan fingerprint density at radius 3 is 0.847 bits per heavy atom. The first kappa shape index (κ1) is 70.6. The molecular formula is C68H131NO3. The summed E-state index contributed by atoms with van der Waals surface area (Å²) >= 11 is 0. The van der Waals surface area contributed by atoms with Crippen LogP contribution >= 0.6 is 0 Å². The Balaban J connectivity index is 3.41. The van der Waals surface area contributed by atoms with E-state index in [4.69, 9.17) is 0 Å². The molecule has 0 rings (SSSR count). The highest BCUT2D eigenvalue weighted by molar-refractivity contribution is 5.76. The van der Waals surface area contributed by atoms with E-state index in [1.165, 1.54) is 308 Å². The minimum absolute atomic E-state index is 0.0241. The predicted octanol–water partition coefficient (Wildman–Crippen LogP) is 22.4. The highest BCUT2D eigenvalue weighted by Gasteiger charge is 2.20. The van der Waals surface area contributed by atoms with Gasteiger partial charge in [0.1, 0.15) is 0 Å². The van der Waals surface area contributed by atoms with Crippen LogP contribution in [0.1, 0.15) is 373 Å². The van der Waals surface area contributed by atoms with Gasteiger partial charge in [-0.3, -0.25) is 4.79 Å². The zero-order valence-corrected chi connectivity index (χ0v) is 49.2. The number of carbonyl (C=O) groups excluding carboxylic acids is 1. The van der Waals surface area contributed by atoms with Crippen LogP contribution in [-0.2, 0) is 4.79 Å². The number of amides is 1. The third kappa shape index (κ3) is 59.5. The number of hydrogen-bond donors (Lipinski definition) is 3. The van der Waals surface area contributed by atoms with Crippen molar-refractivity contribution < 1.29 is 15.0 Å². The molecule has 0 saturated carbocycles. The molecule has 3 N–H and O–H groups in total. The maximum absolute atomic E-state index is 12.5. The number of allylic oxidation sites excluding steroid dienone is 6. The smallest absolute Gasteiger partial charge is 0.220 e. The maximum atomic E-state index is 12.5. The first-order chi connectivity index (χ1) is 35.7. The lowest BCUT2D eigenvalue weighted by atomic mass is 10.0. The van der Waals surface area contributed by atoms with Gasteiger partial charge in [0, 0.05) is 6.42 Å². The molecule has 0 aromatic rings. The van der Waals surface area contributed by atoms with Crippen LogP contribution in [0.3, 0.4) is 0 Å². The monoisotopic (exact) mass is 1010 g/mol. The molecule has 1 amide bonds. The molecule has 4 nitrogen and oxygen atoms in total. The van der Waals surface area contributed by atoms with Crippen molar-refractivity contribution in [2.45, 2.75) is 386 Å². The lowest BCUT2D eigenvalue weighted by molar-refractivity contribution is -0.123. The molecule has 0 spiro atoms. The molecule has 0 saturated heterocycles. The average Bonchev–Trinajstić information content (AvgIpc) is 3.39. The summed E-state index contributed by atoms with van der Waals surface area (Å²) in [5.41, 5.74) is 0. The second kappa shape index (κ2) is 63.9. The van der Waals surface area contributed by atoms with Crippen molar-refractivity contribution in [1.29, 1.82) is 0 Å². The van der Waals surface area contributed by atoms with E-state index >= 15 is 0 Å². The van der Waals surface area contributed by atoms with Crippen molar-refractivity contribution in [2.75, 3.05) is 6.61 Å². The number of unbranched alkanes of at least 4 members (excludes halogenated alkanes) is 49. The Morgan fingerprint density at radius 1 is 0.333 bits per heavy atom. The number of aliphatic hydroxyl groups excluding tert-OH is 2. The van der Waals surface area contributed by atoms with Gasteiger partial charge in [-0.25, -0.2) is 0 Å². The van der Waals surface area contributed by atoms with Gasteiger partial charge in [-0.05, 0) is 51.4 Å². The molecule has 0 bridgehead atoms. The van der Waals surface area contributed by atoms with Crippen LogP contribution in [0.15, 0.2) is 36.5 Å². The summed E-state index contributed by atoms with van der Waals surface area (Å²) in [4.78, 5) is 12.5. The van der Waals surface area contributed by atoms with Crippen molar-refractivity contribution in [1.82, 2.24) is 5.32 Å². The fraction of sp³-hybridized carbons (Fsp3) is 0.897. The number of rotatable bonds is 62. The lowest BCUT2D eigenvalue weighted by Crippen LogP contribution is -2.45. The molecule has 0 fully saturated rings. The summed E-state index contributed by atoms with van der Waals surface area (Å²) in [5.74, 6) is -0.0241. The average molecular weight is 1010 g/mol. The van der Waals surface area contributed by atoms with Gasteiger partial charge in [0.15, 0.2) is 0 Å². The fourth-order valence-corrected chi connectivity index (χ4v) is 10.6. The Hall–Kier alpha value is -1.39. The van der Waals surface area contributed by atoms with Crippen molar-refractivity contribution in [3.8, 4) is 0 Å². The number of nitrogens with one attached hydrogen (secondary N) is 1. The molecule has 2 unspecified atom stereocenters. The van der Waals surface area contributed by atoms with E-state index in [-0.39, 0.29) is 12.5 Å². The van der Waals surface area contributed by atoms with Crippen molar-refractivity contribution in [2.24, 2.45) is 0 Å². The van der Waals surface area contributed by atoms with E-state index < -0.39 is 12.1 Å². The van der Waals surface area contributed by atoms with Crippen molar-refractivity contribution in [3.63, 3.8) is 0 Å². The van der Waals surface area contributed by atoms with Crippen LogP contribution < -0.4 is 5.32 Å². The SMILES string of the molecule is CCCCCCC/C=C\C/C=C\C/C=C\CCCCCCCCCCCCCCCCCCCCC(=O)NC(CO)C(O)CCCCCCCCCCCCCCCCCCCCCCCCCCCCC. The van der Waals surface area contributed by atoms with Gasteiger partial charge in [-0.2, -0.15) is 0 Å². The highest BCUT2D eigenvalue weighted by Crippen LogP contribution is 2.19. The molecule has 0 aliphatic carbocycles. The highest BCUT2D eigenvalue weighted by atomic mass is 16.3. The largest absolute Gasteiger partial charge is 0.394 e. The van der Waals surface area contributed by atoms with E-state index in [9.17, 15) is 15.0 Å². The molecule has 0 aliphatic rings.